The van der Waals surface area contributed by atoms with E-state index in [0.29, 0.717) is 0 Å². The van der Waals surface area contributed by atoms with Crippen LogP contribution in [0.2, 0.25) is 0 Å². The second kappa shape index (κ2) is 5.74. The van der Waals surface area contributed by atoms with E-state index < -0.39 is 0 Å². The summed E-state index contributed by atoms with van der Waals surface area (Å²) in [7, 11) is 1.73. The van der Waals surface area contributed by atoms with Gasteiger partial charge in [-0.1, -0.05) is 15.9 Å². The maximum atomic E-state index is 5.51. The second-order valence-electron chi connectivity index (χ2n) is 5.66. The summed E-state index contributed by atoms with van der Waals surface area (Å²) in [6, 6.07) is 4.90. The SMILES string of the molecule is COc1c(Br)cc(Br)cc1CNC(C1CC1)C1CC1. The quantitative estimate of drug-likeness (QED) is 0.774. The van der Waals surface area contributed by atoms with Gasteiger partial charge < -0.3 is 10.1 Å². The highest BCUT2D eigenvalue weighted by Crippen LogP contribution is 2.44. The van der Waals surface area contributed by atoms with Crippen molar-refractivity contribution < 1.29 is 4.74 Å². The van der Waals surface area contributed by atoms with Crippen LogP contribution in [0.1, 0.15) is 31.2 Å². The molecular weight excluding hydrogens is 370 g/mol. The van der Waals surface area contributed by atoms with Crippen LogP contribution in [0.25, 0.3) is 0 Å². The lowest BCUT2D eigenvalue weighted by Crippen LogP contribution is -2.32. The van der Waals surface area contributed by atoms with E-state index in [1.54, 1.807) is 7.11 Å². The van der Waals surface area contributed by atoms with Gasteiger partial charge in [-0.25, -0.2) is 0 Å². The van der Waals surface area contributed by atoms with E-state index in [-0.39, 0.29) is 0 Å². The fraction of sp³-hybridized carbons (Fsp3) is 0.600. The zero-order chi connectivity index (χ0) is 13.4. The van der Waals surface area contributed by atoms with Gasteiger partial charge in [0.1, 0.15) is 5.75 Å². The Labute approximate surface area is 131 Å². The average molecular weight is 389 g/mol. The molecule has 0 aromatic heterocycles. The normalized spacial score (nSPS) is 18.9. The zero-order valence-corrected chi connectivity index (χ0v) is 14.3. The first-order chi connectivity index (χ1) is 9.19. The lowest BCUT2D eigenvalue weighted by molar-refractivity contribution is 0.389. The van der Waals surface area contributed by atoms with E-state index in [9.17, 15) is 0 Å². The number of benzene rings is 1. The van der Waals surface area contributed by atoms with E-state index in [2.05, 4.69) is 43.2 Å². The third kappa shape index (κ3) is 3.34. The minimum atomic E-state index is 0.725. The van der Waals surface area contributed by atoms with Gasteiger partial charge >= 0.3 is 0 Å². The van der Waals surface area contributed by atoms with Gasteiger partial charge in [-0.3, -0.25) is 0 Å². The molecule has 0 radical (unpaired) electrons. The first-order valence-electron chi connectivity index (χ1n) is 6.94. The molecule has 2 nitrogen and oxygen atoms in total. The largest absolute Gasteiger partial charge is 0.495 e. The van der Waals surface area contributed by atoms with Crippen LogP contribution in [-0.2, 0) is 6.54 Å². The van der Waals surface area contributed by atoms with Crippen LogP contribution in [0.4, 0.5) is 0 Å². The smallest absolute Gasteiger partial charge is 0.137 e. The number of ether oxygens (including phenoxy) is 1. The van der Waals surface area contributed by atoms with Crippen LogP contribution in [0.15, 0.2) is 21.1 Å². The van der Waals surface area contributed by atoms with Crippen molar-refractivity contribution in [3.63, 3.8) is 0 Å². The molecular formula is C15H19Br2NO. The Balaban J connectivity index is 1.71. The molecule has 0 atom stereocenters. The molecule has 0 aliphatic heterocycles. The summed E-state index contributed by atoms with van der Waals surface area (Å²) in [5.74, 6) is 2.80. The Morgan fingerprint density at radius 3 is 2.37 bits per heavy atom. The number of rotatable bonds is 6. The van der Waals surface area contributed by atoms with Crippen LogP contribution in [0, 0.1) is 11.8 Å². The Hall–Kier alpha value is -0.0600. The first kappa shape index (κ1) is 13.9. The lowest BCUT2D eigenvalue weighted by Gasteiger charge is -2.19. The van der Waals surface area contributed by atoms with E-state index in [1.807, 2.05) is 6.07 Å². The standard InChI is InChI=1S/C15H19Br2NO/c1-19-15-11(6-12(16)7-13(15)17)8-18-14(9-2-3-9)10-4-5-10/h6-7,9-10,14,18H,2-5,8H2,1H3. The summed E-state index contributed by atoms with van der Waals surface area (Å²) in [5.41, 5.74) is 1.22. The van der Waals surface area contributed by atoms with Gasteiger partial charge in [0, 0.05) is 22.6 Å². The zero-order valence-electron chi connectivity index (χ0n) is 11.1. The molecule has 1 aromatic rings. The molecule has 0 amide bonds. The molecule has 0 unspecified atom stereocenters. The summed E-state index contributed by atoms with van der Waals surface area (Å²) < 4.78 is 7.61. The maximum Gasteiger partial charge on any atom is 0.137 e. The van der Waals surface area contributed by atoms with Crippen molar-refractivity contribution in [1.29, 1.82) is 0 Å². The second-order valence-corrected chi connectivity index (χ2v) is 7.43. The summed E-state index contributed by atoms with van der Waals surface area (Å²) >= 11 is 7.12. The van der Waals surface area contributed by atoms with Gasteiger partial charge in [-0.05, 0) is 65.6 Å². The third-order valence-electron chi connectivity index (χ3n) is 4.08. The molecule has 2 aliphatic rings. The third-order valence-corrected chi connectivity index (χ3v) is 5.12. The van der Waals surface area contributed by atoms with Crippen molar-refractivity contribution in [1.82, 2.24) is 5.32 Å². The molecule has 0 spiro atoms. The topological polar surface area (TPSA) is 21.3 Å². The van der Waals surface area contributed by atoms with Crippen molar-refractivity contribution >= 4 is 31.9 Å². The monoisotopic (exact) mass is 387 g/mol. The fourth-order valence-corrected chi connectivity index (χ4v) is 4.31. The Kier molecular flexibility index (Phi) is 4.20. The summed E-state index contributed by atoms with van der Waals surface area (Å²) in [6.07, 6.45) is 5.64. The van der Waals surface area contributed by atoms with Gasteiger partial charge in [0.15, 0.2) is 0 Å². The van der Waals surface area contributed by atoms with Gasteiger partial charge in [-0.15, -0.1) is 0 Å². The highest BCUT2D eigenvalue weighted by molar-refractivity contribution is 9.11. The molecule has 19 heavy (non-hydrogen) atoms. The summed E-state index contributed by atoms with van der Waals surface area (Å²) in [5, 5.41) is 3.77. The molecule has 4 heteroatoms. The van der Waals surface area contributed by atoms with Crippen molar-refractivity contribution in [2.45, 2.75) is 38.3 Å². The lowest BCUT2D eigenvalue weighted by atomic mass is 10.1. The maximum absolute atomic E-state index is 5.51. The van der Waals surface area contributed by atoms with Crippen LogP contribution < -0.4 is 10.1 Å². The average Bonchev–Trinajstić information content (AvgIpc) is 3.23. The van der Waals surface area contributed by atoms with Gasteiger partial charge in [-0.2, -0.15) is 0 Å². The molecule has 2 aliphatic carbocycles. The molecule has 104 valence electrons. The summed E-state index contributed by atoms with van der Waals surface area (Å²) in [4.78, 5) is 0. The molecule has 0 heterocycles. The summed E-state index contributed by atoms with van der Waals surface area (Å²) in [6.45, 7) is 0.888. The number of hydrogen-bond acceptors (Lipinski definition) is 2. The number of nitrogens with one attached hydrogen (secondary N) is 1. The van der Waals surface area contributed by atoms with Crippen LogP contribution >= 0.6 is 31.9 Å². The van der Waals surface area contributed by atoms with Crippen LogP contribution in [-0.4, -0.2) is 13.2 Å². The Morgan fingerprint density at radius 1 is 1.21 bits per heavy atom. The number of methoxy groups -OCH3 is 1. The molecule has 2 saturated carbocycles. The first-order valence-corrected chi connectivity index (χ1v) is 8.53. The van der Waals surface area contributed by atoms with Gasteiger partial charge in [0.25, 0.3) is 0 Å². The van der Waals surface area contributed by atoms with E-state index in [1.165, 1.54) is 31.2 Å². The Bertz CT molecular complexity index is 457. The van der Waals surface area contributed by atoms with Crippen molar-refractivity contribution in [2.75, 3.05) is 7.11 Å². The fourth-order valence-electron chi connectivity index (χ4n) is 2.83. The van der Waals surface area contributed by atoms with Crippen molar-refractivity contribution in [3.05, 3.63) is 26.6 Å². The molecule has 3 rings (SSSR count). The molecule has 0 bridgehead atoms. The predicted octanol–water partition coefficient (Wildman–Crippen LogP) is 4.50. The minimum Gasteiger partial charge on any atom is -0.495 e. The molecule has 0 saturated heterocycles. The highest BCUT2D eigenvalue weighted by Gasteiger charge is 2.41. The van der Waals surface area contributed by atoms with E-state index >= 15 is 0 Å². The Morgan fingerprint density at radius 2 is 1.84 bits per heavy atom. The molecule has 1 N–H and O–H groups in total. The molecule has 2 fully saturated rings. The number of hydrogen-bond donors (Lipinski definition) is 1. The predicted molar refractivity (Wildman–Crippen MR) is 84.5 cm³/mol. The minimum absolute atomic E-state index is 0.725. The van der Waals surface area contributed by atoms with E-state index in [4.69, 9.17) is 4.74 Å². The number of halogens is 2. The van der Waals surface area contributed by atoms with Gasteiger partial charge in [0.05, 0.1) is 11.6 Å². The van der Waals surface area contributed by atoms with Crippen LogP contribution in [0.5, 0.6) is 5.75 Å². The van der Waals surface area contributed by atoms with Crippen molar-refractivity contribution in [3.8, 4) is 5.75 Å². The van der Waals surface area contributed by atoms with Crippen molar-refractivity contribution in [2.24, 2.45) is 11.8 Å². The van der Waals surface area contributed by atoms with Gasteiger partial charge in [0.2, 0.25) is 0 Å². The molecule has 1 aromatic carbocycles. The highest BCUT2D eigenvalue weighted by atomic mass is 79.9. The van der Waals surface area contributed by atoms with Crippen LogP contribution in [0.3, 0.4) is 0 Å². The van der Waals surface area contributed by atoms with E-state index in [0.717, 1.165) is 39.1 Å².